The molecule has 31 heavy (non-hydrogen) atoms. The highest BCUT2D eigenvalue weighted by molar-refractivity contribution is 7.89. The van der Waals surface area contributed by atoms with E-state index in [0.717, 1.165) is 5.56 Å². The second-order valence-corrected chi connectivity index (χ2v) is 8.66. The fourth-order valence-electron chi connectivity index (χ4n) is 3.14. The lowest BCUT2D eigenvalue weighted by Crippen LogP contribution is -2.30. The monoisotopic (exact) mass is 450 g/mol. The van der Waals surface area contributed by atoms with Crippen molar-refractivity contribution < 1.29 is 27.4 Å². The minimum absolute atomic E-state index is 0.102. The van der Waals surface area contributed by atoms with Crippen LogP contribution in [0, 0.1) is 0 Å². The Balaban J connectivity index is 2.19. The number of methoxy groups -OCH3 is 3. The molecular formula is C22H30N2O6S. The van der Waals surface area contributed by atoms with Gasteiger partial charge < -0.3 is 19.5 Å². The van der Waals surface area contributed by atoms with Gasteiger partial charge in [-0.1, -0.05) is 13.8 Å². The molecular weight excluding hydrogens is 420 g/mol. The number of hydrogen-bond acceptors (Lipinski definition) is 6. The Morgan fingerprint density at radius 3 is 2.06 bits per heavy atom. The van der Waals surface area contributed by atoms with E-state index in [-0.39, 0.29) is 17.2 Å². The number of nitrogens with one attached hydrogen (secondary N) is 1. The summed E-state index contributed by atoms with van der Waals surface area (Å²) < 4.78 is 42.8. The van der Waals surface area contributed by atoms with E-state index in [0.29, 0.717) is 42.4 Å². The van der Waals surface area contributed by atoms with E-state index >= 15 is 0 Å². The standard InChI is InChI=1S/C22H30N2O6S/c1-6-24(7-2)31(26,27)19-9-10-21(30-5)20(15-19)23-22(25)11-8-16-12-17(28-3)14-18(13-16)29-4/h9-10,12-15H,6-8,11H2,1-5H3,(H,23,25). The molecule has 0 aliphatic carbocycles. The zero-order valence-electron chi connectivity index (χ0n) is 18.6. The smallest absolute Gasteiger partial charge is 0.243 e. The normalized spacial score (nSPS) is 11.3. The average molecular weight is 451 g/mol. The molecule has 0 atom stereocenters. The van der Waals surface area contributed by atoms with Gasteiger partial charge in [0.2, 0.25) is 15.9 Å². The number of aryl methyl sites for hydroxylation is 1. The SMILES string of the molecule is CCN(CC)S(=O)(=O)c1ccc(OC)c(NC(=O)CCc2cc(OC)cc(OC)c2)c1. The minimum Gasteiger partial charge on any atom is -0.497 e. The van der Waals surface area contributed by atoms with Gasteiger partial charge in [-0.05, 0) is 42.3 Å². The number of ether oxygens (including phenoxy) is 3. The summed E-state index contributed by atoms with van der Waals surface area (Å²) in [6, 6.07) is 9.89. The van der Waals surface area contributed by atoms with Crippen molar-refractivity contribution in [2.45, 2.75) is 31.6 Å². The molecule has 2 rings (SSSR count). The molecule has 9 heteroatoms. The molecule has 0 saturated heterocycles. The average Bonchev–Trinajstić information content (AvgIpc) is 2.77. The van der Waals surface area contributed by atoms with Crippen LogP contribution >= 0.6 is 0 Å². The first-order valence-corrected chi connectivity index (χ1v) is 11.4. The molecule has 2 aromatic rings. The van der Waals surface area contributed by atoms with E-state index in [9.17, 15) is 13.2 Å². The molecule has 0 fully saturated rings. The van der Waals surface area contributed by atoms with Gasteiger partial charge in [0.25, 0.3) is 0 Å². The van der Waals surface area contributed by atoms with Gasteiger partial charge >= 0.3 is 0 Å². The Bertz CT molecular complexity index is 981. The molecule has 1 N–H and O–H groups in total. The van der Waals surface area contributed by atoms with Crippen molar-refractivity contribution in [1.82, 2.24) is 4.31 Å². The van der Waals surface area contributed by atoms with Gasteiger partial charge in [0.15, 0.2) is 0 Å². The van der Waals surface area contributed by atoms with Crippen molar-refractivity contribution in [2.24, 2.45) is 0 Å². The van der Waals surface area contributed by atoms with Crippen molar-refractivity contribution in [3.05, 3.63) is 42.0 Å². The summed E-state index contributed by atoms with van der Waals surface area (Å²) in [5.74, 6) is 1.41. The predicted molar refractivity (Wildman–Crippen MR) is 120 cm³/mol. The van der Waals surface area contributed by atoms with Crippen LogP contribution in [0.25, 0.3) is 0 Å². The molecule has 0 radical (unpaired) electrons. The Hall–Kier alpha value is -2.78. The van der Waals surface area contributed by atoms with Gasteiger partial charge in [-0.25, -0.2) is 8.42 Å². The lowest BCUT2D eigenvalue weighted by Gasteiger charge is -2.19. The minimum atomic E-state index is -3.66. The number of anilines is 1. The molecule has 170 valence electrons. The molecule has 0 bridgehead atoms. The lowest BCUT2D eigenvalue weighted by molar-refractivity contribution is -0.116. The third kappa shape index (κ3) is 6.11. The Kier molecular flexibility index (Phi) is 8.70. The number of amides is 1. The van der Waals surface area contributed by atoms with Crippen LogP contribution in [0.15, 0.2) is 41.3 Å². The van der Waals surface area contributed by atoms with Crippen LogP contribution in [0.1, 0.15) is 25.8 Å². The van der Waals surface area contributed by atoms with E-state index in [1.165, 1.54) is 23.5 Å². The molecule has 0 spiro atoms. The molecule has 0 heterocycles. The Morgan fingerprint density at radius 2 is 1.55 bits per heavy atom. The highest BCUT2D eigenvalue weighted by Crippen LogP contribution is 2.29. The molecule has 0 unspecified atom stereocenters. The van der Waals surface area contributed by atoms with Crippen LogP contribution in [0.4, 0.5) is 5.69 Å². The molecule has 0 aromatic heterocycles. The van der Waals surface area contributed by atoms with E-state index < -0.39 is 10.0 Å². The quantitative estimate of drug-likeness (QED) is 0.564. The van der Waals surface area contributed by atoms with Crippen LogP contribution in [0.2, 0.25) is 0 Å². The number of hydrogen-bond donors (Lipinski definition) is 1. The molecule has 1 amide bonds. The Morgan fingerprint density at radius 1 is 0.935 bits per heavy atom. The van der Waals surface area contributed by atoms with E-state index in [1.807, 2.05) is 12.1 Å². The first kappa shape index (κ1) is 24.5. The first-order valence-electron chi connectivity index (χ1n) is 9.99. The first-order chi connectivity index (χ1) is 14.8. The van der Waals surface area contributed by atoms with Crippen molar-refractivity contribution in [2.75, 3.05) is 39.7 Å². The van der Waals surface area contributed by atoms with E-state index in [2.05, 4.69) is 5.32 Å². The van der Waals surface area contributed by atoms with Crippen molar-refractivity contribution in [1.29, 1.82) is 0 Å². The fourth-order valence-corrected chi connectivity index (χ4v) is 4.62. The van der Waals surface area contributed by atoms with Crippen molar-refractivity contribution >= 4 is 21.6 Å². The highest BCUT2D eigenvalue weighted by atomic mass is 32.2. The number of sulfonamides is 1. The van der Waals surface area contributed by atoms with Gasteiger partial charge in [-0.2, -0.15) is 4.31 Å². The summed E-state index contributed by atoms with van der Waals surface area (Å²) in [5.41, 5.74) is 1.19. The van der Waals surface area contributed by atoms with Gasteiger partial charge in [-0.15, -0.1) is 0 Å². The molecule has 0 saturated carbocycles. The van der Waals surface area contributed by atoms with Gasteiger partial charge in [0, 0.05) is 25.6 Å². The van der Waals surface area contributed by atoms with Crippen molar-refractivity contribution in [3.63, 3.8) is 0 Å². The lowest BCUT2D eigenvalue weighted by atomic mass is 10.1. The third-order valence-corrected chi connectivity index (χ3v) is 6.89. The fraction of sp³-hybridized carbons (Fsp3) is 0.409. The highest BCUT2D eigenvalue weighted by Gasteiger charge is 2.23. The molecule has 0 aliphatic rings. The summed E-state index contributed by atoms with van der Waals surface area (Å²) in [6.45, 7) is 4.27. The largest absolute Gasteiger partial charge is 0.497 e. The maximum atomic E-state index is 12.8. The van der Waals surface area contributed by atoms with Crippen LogP contribution in [0.3, 0.4) is 0 Å². The zero-order chi connectivity index (χ0) is 23.0. The van der Waals surface area contributed by atoms with Crippen LogP contribution in [-0.2, 0) is 21.2 Å². The third-order valence-electron chi connectivity index (χ3n) is 4.84. The maximum Gasteiger partial charge on any atom is 0.243 e. The Labute approximate surface area is 184 Å². The van der Waals surface area contributed by atoms with E-state index in [4.69, 9.17) is 14.2 Å². The summed E-state index contributed by atoms with van der Waals surface area (Å²) >= 11 is 0. The van der Waals surface area contributed by atoms with E-state index in [1.54, 1.807) is 40.2 Å². The zero-order valence-corrected chi connectivity index (χ0v) is 19.4. The summed E-state index contributed by atoms with van der Waals surface area (Å²) in [5, 5.41) is 2.77. The maximum absolute atomic E-state index is 12.8. The number of nitrogens with zero attached hydrogens (tertiary/aromatic N) is 1. The van der Waals surface area contributed by atoms with Gasteiger partial charge in [-0.3, -0.25) is 4.79 Å². The summed E-state index contributed by atoms with van der Waals surface area (Å²) in [7, 11) is 0.940. The molecule has 0 aliphatic heterocycles. The topological polar surface area (TPSA) is 94.2 Å². The number of benzene rings is 2. The van der Waals surface area contributed by atoms with Crippen LogP contribution in [0.5, 0.6) is 17.2 Å². The summed E-state index contributed by atoms with van der Waals surface area (Å²) in [6.07, 6.45) is 0.644. The van der Waals surface area contributed by atoms with Crippen LogP contribution in [-0.4, -0.2) is 53.0 Å². The molecule has 8 nitrogen and oxygen atoms in total. The number of carbonyl (C=O) groups is 1. The second-order valence-electron chi connectivity index (χ2n) is 6.72. The van der Waals surface area contributed by atoms with Gasteiger partial charge in [0.05, 0.1) is 31.9 Å². The predicted octanol–water partition coefficient (Wildman–Crippen LogP) is 3.31. The molecule has 2 aromatic carbocycles. The van der Waals surface area contributed by atoms with Crippen molar-refractivity contribution in [3.8, 4) is 17.2 Å². The van der Waals surface area contributed by atoms with Crippen LogP contribution < -0.4 is 19.5 Å². The summed E-state index contributed by atoms with van der Waals surface area (Å²) in [4.78, 5) is 12.7. The number of carbonyl (C=O) groups excluding carboxylic acids is 1. The van der Waals surface area contributed by atoms with Gasteiger partial charge in [0.1, 0.15) is 17.2 Å². The second kappa shape index (κ2) is 11.0. The number of rotatable bonds is 11.